The molecule has 4 nitrogen and oxygen atoms in total. The molecule has 1 aromatic heterocycles. The first kappa shape index (κ1) is 15.5. The molecule has 5 heteroatoms. The first-order valence-electron chi connectivity index (χ1n) is 6.80. The largest absolute Gasteiger partial charge is 0.494 e. The van der Waals surface area contributed by atoms with Crippen LogP contribution in [0.5, 0.6) is 5.75 Å². The lowest BCUT2D eigenvalue weighted by Crippen LogP contribution is -2.28. The molecule has 21 heavy (non-hydrogen) atoms. The zero-order valence-corrected chi connectivity index (χ0v) is 13.0. The number of hydrogen-bond acceptors (Lipinski definition) is 4. The van der Waals surface area contributed by atoms with Crippen molar-refractivity contribution < 1.29 is 14.3 Å². The van der Waals surface area contributed by atoms with E-state index in [4.69, 9.17) is 9.47 Å². The number of ether oxygens (including phenoxy) is 2. The van der Waals surface area contributed by atoms with Gasteiger partial charge in [0, 0.05) is 19.2 Å². The van der Waals surface area contributed by atoms with Gasteiger partial charge in [-0.2, -0.15) is 11.3 Å². The van der Waals surface area contributed by atoms with Gasteiger partial charge in [0.05, 0.1) is 6.61 Å². The van der Waals surface area contributed by atoms with Crippen LogP contribution in [0.25, 0.3) is 0 Å². The fourth-order valence-electron chi connectivity index (χ4n) is 1.95. The summed E-state index contributed by atoms with van der Waals surface area (Å²) in [6, 6.07) is 9.11. The molecule has 1 heterocycles. The molecule has 1 N–H and O–H groups in total. The highest BCUT2D eigenvalue weighted by Gasteiger charge is 2.13. The average molecular weight is 305 g/mol. The first-order chi connectivity index (χ1) is 10.2. The number of nitrogens with one attached hydrogen (secondary N) is 1. The molecular formula is C16H19NO3S. The predicted molar refractivity (Wildman–Crippen MR) is 84.0 cm³/mol. The minimum absolute atomic E-state index is 0.115. The highest BCUT2D eigenvalue weighted by molar-refractivity contribution is 7.07. The summed E-state index contributed by atoms with van der Waals surface area (Å²) in [5.41, 5.74) is 1.69. The van der Waals surface area contributed by atoms with E-state index < -0.39 is 0 Å². The van der Waals surface area contributed by atoms with Crippen LogP contribution in [0.2, 0.25) is 0 Å². The Bertz CT molecular complexity index is 551. The van der Waals surface area contributed by atoms with E-state index in [-0.39, 0.29) is 12.0 Å². The van der Waals surface area contributed by atoms with Crippen molar-refractivity contribution in [3.63, 3.8) is 0 Å². The van der Waals surface area contributed by atoms with E-state index in [2.05, 4.69) is 5.32 Å². The number of hydrogen-bond donors (Lipinski definition) is 1. The summed E-state index contributed by atoms with van der Waals surface area (Å²) in [5.74, 6) is 0.650. The Morgan fingerprint density at radius 3 is 2.62 bits per heavy atom. The number of thiophene rings is 1. The summed E-state index contributed by atoms with van der Waals surface area (Å²) in [6.45, 7) is 2.98. The summed E-state index contributed by atoms with van der Waals surface area (Å²) in [7, 11) is 1.64. The van der Waals surface area contributed by atoms with Crippen LogP contribution < -0.4 is 10.1 Å². The smallest absolute Gasteiger partial charge is 0.251 e. The molecule has 0 aliphatic rings. The van der Waals surface area contributed by atoms with Crippen LogP contribution in [-0.4, -0.2) is 26.2 Å². The Morgan fingerprint density at radius 1 is 1.29 bits per heavy atom. The van der Waals surface area contributed by atoms with E-state index in [0.717, 1.165) is 11.3 Å². The SMILES string of the molecule is CCOc1ccc(C(=O)NCC(OC)c2ccsc2)cc1. The van der Waals surface area contributed by atoms with E-state index in [1.807, 2.05) is 23.8 Å². The summed E-state index contributed by atoms with van der Waals surface area (Å²) in [4.78, 5) is 12.1. The Kier molecular flexibility index (Phi) is 5.78. The van der Waals surface area contributed by atoms with Crippen molar-refractivity contribution in [2.45, 2.75) is 13.0 Å². The van der Waals surface area contributed by atoms with E-state index in [1.54, 1.807) is 42.7 Å². The maximum absolute atomic E-state index is 12.1. The molecule has 0 aliphatic carbocycles. The van der Waals surface area contributed by atoms with Crippen LogP contribution >= 0.6 is 11.3 Å². The van der Waals surface area contributed by atoms with Crippen LogP contribution in [0.1, 0.15) is 28.9 Å². The molecule has 0 radical (unpaired) electrons. The highest BCUT2D eigenvalue weighted by atomic mass is 32.1. The molecule has 1 amide bonds. The zero-order valence-electron chi connectivity index (χ0n) is 12.2. The third-order valence-corrected chi connectivity index (χ3v) is 3.78. The lowest BCUT2D eigenvalue weighted by atomic mass is 10.1. The molecule has 0 saturated heterocycles. The van der Waals surface area contributed by atoms with Crippen molar-refractivity contribution in [3.8, 4) is 5.75 Å². The first-order valence-corrected chi connectivity index (χ1v) is 7.74. The van der Waals surface area contributed by atoms with Gasteiger partial charge >= 0.3 is 0 Å². The molecule has 1 aromatic carbocycles. The normalized spacial score (nSPS) is 11.9. The van der Waals surface area contributed by atoms with Crippen molar-refractivity contribution in [2.75, 3.05) is 20.3 Å². The van der Waals surface area contributed by atoms with E-state index in [9.17, 15) is 4.79 Å². The molecular weight excluding hydrogens is 286 g/mol. The van der Waals surface area contributed by atoms with Crippen LogP contribution in [0, 0.1) is 0 Å². The lowest BCUT2D eigenvalue weighted by molar-refractivity contribution is 0.0829. The van der Waals surface area contributed by atoms with Crippen LogP contribution in [-0.2, 0) is 4.74 Å². The molecule has 0 aliphatic heterocycles. The van der Waals surface area contributed by atoms with Gasteiger partial charge in [-0.05, 0) is 53.6 Å². The van der Waals surface area contributed by atoms with Crippen LogP contribution in [0.15, 0.2) is 41.1 Å². The van der Waals surface area contributed by atoms with Crippen molar-refractivity contribution in [1.29, 1.82) is 0 Å². The van der Waals surface area contributed by atoms with E-state index in [1.165, 1.54) is 0 Å². The second-order valence-corrected chi connectivity index (χ2v) is 5.23. The van der Waals surface area contributed by atoms with Gasteiger partial charge in [0.15, 0.2) is 0 Å². The minimum Gasteiger partial charge on any atom is -0.494 e. The summed E-state index contributed by atoms with van der Waals surface area (Å²) >= 11 is 1.61. The lowest BCUT2D eigenvalue weighted by Gasteiger charge is -2.15. The number of carbonyl (C=O) groups is 1. The predicted octanol–water partition coefficient (Wildman–Crippen LogP) is 3.26. The number of methoxy groups -OCH3 is 1. The van der Waals surface area contributed by atoms with Crippen LogP contribution in [0.3, 0.4) is 0 Å². The summed E-state index contributed by atoms with van der Waals surface area (Å²) < 4.78 is 10.8. The van der Waals surface area contributed by atoms with Gasteiger partial charge in [-0.25, -0.2) is 0 Å². The molecule has 0 saturated carbocycles. The monoisotopic (exact) mass is 305 g/mol. The van der Waals surface area contributed by atoms with Crippen LogP contribution in [0.4, 0.5) is 0 Å². The fourth-order valence-corrected chi connectivity index (χ4v) is 2.65. The van der Waals surface area contributed by atoms with Gasteiger partial charge < -0.3 is 14.8 Å². The molecule has 2 aromatic rings. The van der Waals surface area contributed by atoms with E-state index in [0.29, 0.717) is 18.7 Å². The van der Waals surface area contributed by atoms with Gasteiger partial charge in [-0.15, -0.1) is 0 Å². The van der Waals surface area contributed by atoms with Crippen molar-refractivity contribution in [2.24, 2.45) is 0 Å². The third-order valence-electron chi connectivity index (χ3n) is 3.08. The fraction of sp³-hybridized carbons (Fsp3) is 0.312. The number of amides is 1. The topological polar surface area (TPSA) is 47.6 Å². The second-order valence-electron chi connectivity index (χ2n) is 4.45. The summed E-state index contributed by atoms with van der Waals surface area (Å²) in [6.07, 6.45) is -0.122. The molecule has 0 fully saturated rings. The molecule has 2 rings (SSSR count). The van der Waals surface area contributed by atoms with Gasteiger partial charge in [0.2, 0.25) is 0 Å². The summed E-state index contributed by atoms with van der Waals surface area (Å²) in [5, 5.41) is 6.91. The standard InChI is InChI=1S/C16H19NO3S/c1-3-20-14-6-4-12(5-7-14)16(18)17-10-15(19-2)13-8-9-21-11-13/h4-9,11,15H,3,10H2,1-2H3,(H,17,18). The van der Waals surface area contributed by atoms with Gasteiger partial charge in [0.25, 0.3) is 5.91 Å². The zero-order chi connectivity index (χ0) is 15.1. The average Bonchev–Trinajstić information content (AvgIpc) is 3.03. The Labute approximate surface area is 128 Å². The van der Waals surface area contributed by atoms with Crippen molar-refractivity contribution >= 4 is 17.2 Å². The second kappa shape index (κ2) is 7.81. The van der Waals surface area contributed by atoms with E-state index >= 15 is 0 Å². The molecule has 0 bridgehead atoms. The highest BCUT2D eigenvalue weighted by Crippen LogP contribution is 2.19. The third kappa shape index (κ3) is 4.31. The van der Waals surface area contributed by atoms with Crippen molar-refractivity contribution in [3.05, 3.63) is 52.2 Å². The number of carbonyl (C=O) groups excluding carboxylic acids is 1. The Hall–Kier alpha value is -1.85. The maximum Gasteiger partial charge on any atom is 0.251 e. The molecule has 112 valence electrons. The van der Waals surface area contributed by atoms with Gasteiger partial charge in [-0.1, -0.05) is 0 Å². The van der Waals surface area contributed by atoms with Crippen molar-refractivity contribution in [1.82, 2.24) is 5.32 Å². The molecule has 1 atom stereocenters. The Morgan fingerprint density at radius 2 is 2.05 bits per heavy atom. The molecule has 1 unspecified atom stereocenters. The Balaban J connectivity index is 1.91. The van der Waals surface area contributed by atoms with Gasteiger partial charge in [0.1, 0.15) is 11.9 Å². The number of rotatable bonds is 7. The maximum atomic E-state index is 12.1. The van der Waals surface area contributed by atoms with Gasteiger partial charge in [-0.3, -0.25) is 4.79 Å². The molecule has 0 spiro atoms. The minimum atomic E-state index is -0.122. The number of benzene rings is 1. The quantitative estimate of drug-likeness (QED) is 0.854.